The molecule has 4 N–H and O–H groups in total. The molecule has 0 saturated heterocycles. The van der Waals surface area contributed by atoms with Crippen LogP contribution in [0.4, 0.5) is 0 Å². The lowest BCUT2D eigenvalue weighted by Crippen LogP contribution is -2.42. The Hall–Kier alpha value is -5.48. The normalized spacial score (nSPS) is 14.7. The maximum atomic E-state index is 13.4. The van der Waals surface area contributed by atoms with Gasteiger partial charge in [0, 0.05) is 51.7 Å². The molecule has 1 aliphatic heterocycles. The van der Waals surface area contributed by atoms with E-state index in [1.807, 2.05) is 116 Å². The molecule has 7 rings (SSSR count). The Balaban J connectivity index is 1.19. The van der Waals surface area contributed by atoms with Crippen LogP contribution in [0.3, 0.4) is 0 Å². The summed E-state index contributed by atoms with van der Waals surface area (Å²) in [6.45, 7) is 0.774. The summed E-state index contributed by atoms with van der Waals surface area (Å²) in [7, 11) is 3.75. The molecule has 2 amide bonds. The van der Waals surface area contributed by atoms with Gasteiger partial charge < -0.3 is 24.5 Å². The van der Waals surface area contributed by atoms with Gasteiger partial charge in [-0.05, 0) is 61.1 Å². The number of hydrogen-bond acceptors (Lipinski definition) is 6. The van der Waals surface area contributed by atoms with Crippen molar-refractivity contribution in [2.75, 3.05) is 14.1 Å². The van der Waals surface area contributed by atoms with Crippen molar-refractivity contribution in [2.45, 2.75) is 32.0 Å². The summed E-state index contributed by atoms with van der Waals surface area (Å²) in [6.07, 6.45) is 2.48. The number of carbonyl (C=O) groups is 2. The number of amides is 2. The van der Waals surface area contributed by atoms with Crippen LogP contribution in [0, 0.1) is 0 Å². The average molecular weight is 641 g/mol. The van der Waals surface area contributed by atoms with Crippen molar-refractivity contribution in [3.05, 3.63) is 137 Å². The van der Waals surface area contributed by atoms with E-state index in [1.54, 1.807) is 12.4 Å². The topological polar surface area (TPSA) is 120 Å². The van der Waals surface area contributed by atoms with Crippen LogP contribution in [0.2, 0.25) is 0 Å². The van der Waals surface area contributed by atoms with E-state index >= 15 is 0 Å². The third-order valence-corrected chi connectivity index (χ3v) is 8.66. The number of ether oxygens (including phenoxy) is 2. The maximum absolute atomic E-state index is 13.4. The van der Waals surface area contributed by atoms with Gasteiger partial charge in [0.05, 0.1) is 23.9 Å². The van der Waals surface area contributed by atoms with E-state index in [4.69, 9.17) is 9.47 Å². The number of aliphatic hydroxyl groups is 1. The van der Waals surface area contributed by atoms with Gasteiger partial charge in [-0.15, -0.1) is 0 Å². The first-order chi connectivity index (χ1) is 23.4. The van der Waals surface area contributed by atoms with Gasteiger partial charge in [0.2, 0.25) is 0 Å². The number of H-pyrrole nitrogens is 2. The van der Waals surface area contributed by atoms with Crippen molar-refractivity contribution in [3.8, 4) is 5.75 Å². The second-order valence-corrected chi connectivity index (χ2v) is 12.2. The molecule has 0 aliphatic carbocycles. The highest BCUT2D eigenvalue weighted by Crippen LogP contribution is 2.38. The van der Waals surface area contributed by atoms with E-state index in [0.29, 0.717) is 42.1 Å². The lowest BCUT2D eigenvalue weighted by Gasteiger charge is -2.29. The van der Waals surface area contributed by atoms with Gasteiger partial charge in [-0.2, -0.15) is 0 Å². The Labute approximate surface area is 277 Å². The molecule has 2 aromatic heterocycles. The van der Waals surface area contributed by atoms with E-state index < -0.39 is 24.1 Å². The largest absolute Gasteiger partial charge is 0.489 e. The van der Waals surface area contributed by atoms with E-state index in [-0.39, 0.29) is 5.57 Å². The third-order valence-electron chi connectivity index (χ3n) is 8.66. The van der Waals surface area contributed by atoms with Crippen LogP contribution in [0.1, 0.15) is 27.8 Å². The number of carbonyl (C=O) groups excluding carboxylic acids is 2. The highest BCUT2D eigenvalue weighted by Gasteiger charge is 2.35. The number of nitrogens with one attached hydrogen (secondary N) is 3. The van der Waals surface area contributed by atoms with Crippen molar-refractivity contribution in [1.82, 2.24) is 20.2 Å². The zero-order valence-corrected chi connectivity index (χ0v) is 26.7. The molecule has 9 nitrogen and oxygen atoms in total. The first-order valence-corrected chi connectivity index (χ1v) is 15.8. The molecule has 0 fully saturated rings. The molecule has 3 heterocycles. The molecule has 0 saturated carbocycles. The second kappa shape index (κ2) is 13.3. The molecule has 0 spiro atoms. The Morgan fingerprint density at radius 3 is 1.85 bits per heavy atom. The number of hydrogen-bond donors (Lipinski definition) is 4. The number of aromatic nitrogens is 2. The van der Waals surface area contributed by atoms with Crippen molar-refractivity contribution < 1.29 is 24.2 Å². The third kappa shape index (κ3) is 6.26. The van der Waals surface area contributed by atoms with Crippen LogP contribution in [0.15, 0.2) is 109 Å². The summed E-state index contributed by atoms with van der Waals surface area (Å²) in [5, 5.41) is 15.3. The molecule has 2 atom stereocenters. The monoisotopic (exact) mass is 640 g/mol. The van der Waals surface area contributed by atoms with Gasteiger partial charge in [-0.3, -0.25) is 19.8 Å². The Kier molecular flexibility index (Phi) is 8.65. The Morgan fingerprint density at radius 2 is 1.25 bits per heavy atom. The number of imide groups is 1. The SMILES string of the molecule is CN(C)C(OCc1ccccc1)C(O)Cc1ccc2[nH]cc(C3=C(c4c[nH]c5ccc(OCc6ccccc6)cc45)C(=O)NC3=O)c2c1. The van der Waals surface area contributed by atoms with Crippen LogP contribution >= 0.6 is 0 Å². The van der Waals surface area contributed by atoms with Crippen molar-refractivity contribution >= 4 is 44.8 Å². The number of fused-ring (bicyclic) bond motifs is 2. The van der Waals surface area contributed by atoms with Gasteiger partial charge >= 0.3 is 0 Å². The average Bonchev–Trinajstić information content (AvgIpc) is 3.78. The quantitative estimate of drug-likeness (QED) is 0.0992. The van der Waals surface area contributed by atoms with Gasteiger partial charge in [-0.1, -0.05) is 66.7 Å². The van der Waals surface area contributed by atoms with Gasteiger partial charge in [-0.25, -0.2) is 0 Å². The standard InChI is InChI=1S/C39H36N4O5/c1-43(2)39(48-23-25-11-7-4-8-12-25)34(44)18-26-13-15-32-28(17-26)30(20-40-32)35-36(38(46)42-37(35)45)31-21-41-33-16-14-27(19-29(31)33)47-22-24-9-5-3-6-10-24/h3-17,19-21,34,39-41,44H,18,22-23H2,1-2H3,(H,42,45,46). The fourth-order valence-electron chi connectivity index (χ4n) is 6.31. The molecule has 4 aromatic carbocycles. The van der Waals surface area contributed by atoms with Crippen molar-refractivity contribution in [1.29, 1.82) is 0 Å². The predicted octanol–water partition coefficient (Wildman–Crippen LogP) is 5.80. The molecular weight excluding hydrogens is 604 g/mol. The summed E-state index contributed by atoms with van der Waals surface area (Å²) in [6, 6.07) is 31.2. The van der Waals surface area contributed by atoms with Crippen LogP contribution in [0.25, 0.3) is 33.0 Å². The molecule has 6 aromatic rings. The van der Waals surface area contributed by atoms with E-state index in [2.05, 4.69) is 15.3 Å². The molecule has 2 unspecified atom stereocenters. The first kappa shape index (κ1) is 31.1. The fourth-order valence-corrected chi connectivity index (χ4v) is 6.31. The fraction of sp³-hybridized carbons (Fsp3) is 0.179. The minimum Gasteiger partial charge on any atom is -0.489 e. The number of likely N-dealkylation sites (N-methyl/N-ethyl adjacent to an activating group) is 1. The summed E-state index contributed by atoms with van der Waals surface area (Å²) in [4.78, 5) is 35.2. The van der Waals surface area contributed by atoms with E-state index in [1.165, 1.54) is 0 Å². The van der Waals surface area contributed by atoms with Crippen LogP contribution in [-0.2, 0) is 34.0 Å². The maximum Gasteiger partial charge on any atom is 0.259 e. The molecule has 0 bridgehead atoms. The van der Waals surface area contributed by atoms with Gasteiger partial charge in [0.25, 0.3) is 11.8 Å². The number of aromatic amines is 2. The Bertz CT molecular complexity index is 2130. The summed E-state index contributed by atoms with van der Waals surface area (Å²) in [5.41, 5.74) is 6.35. The molecule has 1 aliphatic rings. The number of aliphatic hydroxyl groups excluding tert-OH is 1. The van der Waals surface area contributed by atoms with Gasteiger partial charge in [0.15, 0.2) is 0 Å². The number of benzene rings is 4. The first-order valence-electron chi connectivity index (χ1n) is 15.8. The Morgan fingerprint density at radius 1 is 0.688 bits per heavy atom. The highest BCUT2D eigenvalue weighted by molar-refractivity contribution is 6.50. The smallest absolute Gasteiger partial charge is 0.259 e. The molecule has 9 heteroatoms. The number of rotatable bonds is 12. The van der Waals surface area contributed by atoms with E-state index in [0.717, 1.165) is 38.5 Å². The summed E-state index contributed by atoms with van der Waals surface area (Å²) >= 11 is 0. The van der Waals surface area contributed by atoms with Gasteiger partial charge in [0.1, 0.15) is 18.6 Å². The minimum atomic E-state index is -0.820. The van der Waals surface area contributed by atoms with Crippen LogP contribution in [-0.4, -0.2) is 58.2 Å². The molecule has 242 valence electrons. The lowest BCUT2D eigenvalue weighted by molar-refractivity contribution is -0.122. The lowest BCUT2D eigenvalue weighted by atomic mass is 9.94. The zero-order valence-electron chi connectivity index (χ0n) is 26.7. The highest BCUT2D eigenvalue weighted by atomic mass is 16.5. The predicted molar refractivity (Wildman–Crippen MR) is 186 cm³/mol. The van der Waals surface area contributed by atoms with Crippen molar-refractivity contribution in [2.24, 2.45) is 0 Å². The minimum absolute atomic E-state index is 0.290. The summed E-state index contributed by atoms with van der Waals surface area (Å²) < 4.78 is 12.2. The van der Waals surface area contributed by atoms with Crippen LogP contribution in [0.5, 0.6) is 5.75 Å². The van der Waals surface area contributed by atoms with Crippen LogP contribution < -0.4 is 10.1 Å². The summed E-state index contributed by atoms with van der Waals surface area (Å²) in [5.74, 6) is -0.274. The van der Waals surface area contributed by atoms with Crippen molar-refractivity contribution in [3.63, 3.8) is 0 Å². The molecule has 48 heavy (non-hydrogen) atoms. The van der Waals surface area contributed by atoms with E-state index in [9.17, 15) is 14.7 Å². The zero-order chi connectivity index (χ0) is 33.2. The number of nitrogens with zero attached hydrogens (tertiary/aromatic N) is 1. The molecular formula is C39H36N4O5. The molecule has 0 radical (unpaired) electrons. The second-order valence-electron chi connectivity index (χ2n) is 12.2.